The van der Waals surface area contributed by atoms with Crippen LogP contribution < -0.4 is 19.9 Å². The van der Waals surface area contributed by atoms with Crippen LogP contribution in [0.15, 0.2) is 41.3 Å². The second-order valence-corrected chi connectivity index (χ2v) is 7.17. The van der Waals surface area contributed by atoms with Crippen LogP contribution in [0.4, 0.5) is 5.69 Å². The summed E-state index contributed by atoms with van der Waals surface area (Å²) in [6.45, 7) is 0.233. The Balaban J connectivity index is 0.00000312. The van der Waals surface area contributed by atoms with Gasteiger partial charge >= 0.3 is 0 Å². The zero-order valence-electron chi connectivity index (χ0n) is 13.8. The average molecular weight is 407 g/mol. The molecule has 0 aromatic heterocycles. The van der Waals surface area contributed by atoms with Gasteiger partial charge in [0.05, 0.1) is 19.2 Å². The fourth-order valence-corrected chi connectivity index (χ4v) is 3.70. The highest BCUT2D eigenvalue weighted by Crippen LogP contribution is 2.35. The molecule has 0 bridgehead atoms. The smallest absolute Gasteiger partial charge is 0.242 e. The maximum Gasteiger partial charge on any atom is 0.242 e. The van der Waals surface area contributed by atoms with Crippen molar-refractivity contribution in [1.82, 2.24) is 4.72 Å². The van der Waals surface area contributed by atoms with Crippen molar-refractivity contribution in [2.45, 2.75) is 11.3 Å². The highest BCUT2D eigenvalue weighted by Gasteiger charge is 2.21. The predicted octanol–water partition coefficient (Wildman–Crippen LogP) is 2.88. The van der Waals surface area contributed by atoms with Crippen molar-refractivity contribution in [3.63, 3.8) is 0 Å². The highest BCUT2D eigenvalue weighted by atomic mass is 35.5. The van der Waals surface area contributed by atoms with Gasteiger partial charge in [-0.15, -0.1) is 12.4 Å². The zero-order valence-corrected chi connectivity index (χ0v) is 16.2. The van der Waals surface area contributed by atoms with Gasteiger partial charge in [0.25, 0.3) is 0 Å². The first-order valence-electron chi connectivity index (χ1n) is 7.13. The van der Waals surface area contributed by atoms with E-state index in [0.29, 0.717) is 23.6 Å². The van der Waals surface area contributed by atoms with Crippen molar-refractivity contribution >= 4 is 39.7 Å². The number of ether oxygens (including phenoxy) is 2. The molecule has 0 aliphatic rings. The van der Waals surface area contributed by atoms with Crippen molar-refractivity contribution in [1.29, 1.82) is 0 Å². The topological polar surface area (TPSA) is 90.7 Å². The summed E-state index contributed by atoms with van der Waals surface area (Å²) in [6.07, 6.45) is 0.532. The summed E-state index contributed by atoms with van der Waals surface area (Å²) < 4.78 is 37.7. The van der Waals surface area contributed by atoms with Crippen molar-refractivity contribution in [2.75, 3.05) is 26.5 Å². The van der Waals surface area contributed by atoms with Crippen LogP contribution in [0.1, 0.15) is 5.56 Å². The molecular formula is C16H20Cl2N2O4S. The molecule has 25 heavy (non-hydrogen) atoms. The molecule has 0 saturated heterocycles. The molecule has 9 heteroatoms. The van der Waals surface area contributed by atoms with Crippen LogP contribution in [-0.4, -0.2) is 29.2 Å². The van der Waals surface area contributed by atoms with E-state index < -0.39 is 10.0 Å². The second-order valence-electron chi connectivity index (χ2n) is 5.03. The van der Waals surface area contributed by atoms with Gasteiger partial charge in [0.1, 0.15) is 4.90 Å². The Morgan fingerprint density at radius 1 is 1.08 bits per heavy atom. The number of nitrogens with one attached hydrogen (secondary N) is 1. The lowest BCUT2D eigenvalue weighted by Gasteiger charge is -2.13. The van der Waals surface area contributed by atoms with Gasteiger partial charge in [-0.1, -0.05) is 23.7 Å². The molecule has 0 aliphatic carbocycles. The Bertz CT molecular complexity index is 812. The SMILES string of the molecule is COc1cc(Cl)c(S(=O)(=O)NCCc2ccc(N)cc2)cc1OC.Cl. The molecule has 0 fully saturated rings. The summed E-state index contributed by atoms with van der Waals surface area (Å²) in [6, 6.07) is 10.0. The molecule has 6 nitrogen and oxygen atoms in total. The number of hydrogen-bond donors (Lipinski definition) is 2. The van der Waals surface area contributed by atoms with Crippen molar-refractivity contribution < 1.29 is 17.9 Å². The number of hydrogen-bond acceptors (Lipinski definition) is 5. The molecule has 2 aromatic rings. The van der Waals surface area contributed by atoms with Crippen LogP contribution in [0.25, 0.3) is 0 Å². The molecule has 0 atom stereocenters. The summed E-state index contributed by atoms with van der Waals surface area (Å²) in [5.74, 6) is 0.657. The molecule has 0 spiro atoms. The monoisotopic (exact) mass is 406 g/mol. The molecule has 0 aliphatic heterocycles. The first-order valence-corrected chi connectivity index (χ1v) is 8.99. The molecule has 0 radical (unpaired) electrons. The van der Waals surface area contributed by atoms with Crippen LogP contribution in [0.5, 0.6) is 11.5 Å². The Hall–Kier alpha value is -1.67. The molecule has 138 valence electrons. The minimum absolute atomic E-state index is 0. The van der Waals surface area contributed by atoms with Gasteiger partial charge in [-0.25, -0.2) is 13.1 Å². The number of anilines is 1. The molecule has 0 unspecified atom stereocenters. The average Bonchev–Trinajstić information content (AvgIpc) is 2.56. The zero-order chi connectivity index (χ0) is 17.7. The van der Waals surface area contributed by atoms with Gasteiger partial charge in [0.2, 0.25) is 10.0 Å². The van der Waals surface area contributed by atoms with Crippen LogP contribution in [0.3, 0.4) is 0 Å². The van der Waals surface area contributed by atoms with E-state index in [1.54, 1.807) is 12.1 Å². The normalized spacial score (nSPS) is 10.8. The van der Waals surface area contributed by atoms with E-state index in [9.17, 15) is 8.42 Å². The number of benzene rings is 2. The van der Waals surface area contributed by atoms with E-state index >= 15 is 0 Å². The van der Waals surface area contributed by atoms with E-state index in [-0.39, 0.29) is 28.9 Å². The van der Waals surface area contributed by atoms with Crippen LogP contribution in [0.2, 0.25) is 5.02 Å². The van der Waals surface area contributed by atoms with Gasteiger partial charge in [-0.2, -0.15) is 0 Å². The maximum atomic E-state index is 12.5. The fraction of sp³-hybridized carbons (Fsp3) is 0.250. The van der Waals surface area contributed by atoms with Crippen molar-refractivity contribution in [2.24, 2.45) is 0 Å². The van der Waals surface area contributed by atoms with Gasteiger partial charge in [0, 0.05) is 24.4 Å². The Kier molecular flexibility index (Phi) is 7.82. The number of nitrogen functional groups attached to an aromatic ring is 1. The maximum absolute atomic E-state index is 12.5. The van der Waals surface area contributed by atoms with Gasteiger partial charge in [-0.3, -0.25) is 0 Å². The second kappa shape index (κ2) is 9.15. The quantitative estimate of drug-likeness (QED) is 0.689. The third kappa shape index (κ3) is 5.40. The lowest BCUT2D eigenvalue weighted by atomic mass is 10.1. The number of nitrogens with two attached hydrogens (primary N) is 1. The Morgan fingerprint density at radius 3 is 2.20 bits per heavy atom. The molecule has 2 rings (SSSR count). The molecule has 0 saturated carbocycles. The minimum atomic E-state index is -3.77. The third-order valence-corrected chi connectivity index (χ3v) is 5.34. The first kappa shape index (κ1) is 21.4. The molecule has 3 N–H and O–H groups in total. The van der Waals surface area contributed by atoms with Gasteiger partial charge in [0.15, 0.2) is 11.5 Å². The standard InChI is InChI=1S/C16H19ClN2O4S.ClH/c1-22-14-9-13(17)16(10-15(14)23-2)24(20,21)19-8-7-11-3-5-12(18)6-4-11;/h3-6,9-10,19H,7-8,18H2,1-2H3;1H. The third-order valence-electron chi connectivity index (χ3n) is 3.41. The number of methoxy groups -OCH3 is 2. The Labute approximate surface area is 158 Å². The molecule has 0 amide bonds. The van der Waals surface area contributed by atoms with E-state index in [2.05, 4.69) is 4.72 Å². The number of sulfonamides is 1. The summed E-state index contributed by atoms with van der Waals surface area (Å²) >= 11 is 6.07. The first-order chi connectivity index (χ1) is 11.4. The molecule has 0 heterocycles. The summed E-state index contributed by atoms with van der Waals surface area (Å²) in [7, 11) is -0.890. The summed E-state index contributed by atoms with van der Waals surface area (Å²) in [4.78, 5) is -0.0564. The lowest BCUT2D eigenvalue weighted by molar-refractivity contribution is 0.354. The highest BCUT2D eigenvalue weighted by molar-refractivity contribution is 7.89. The fourth-order valence-electron chi connectivity index (χ4n) is 2.13. The van der Waals surface area contributed by atoms with E-state index in [1.165, 1.54) is 26.4 Å². The lowest BCUT2D eigenvalue weighted by Crippen LogP contribution is -2.26. The summed E-state index contributed by atoms with van der Waals surface area (Å²) in [5.41, 5.74) is 7.26. The van der Waals surface area contributed by atoms with Gasteiger partial charge < -0.3 is 15.2 Å². The largest absolute Gasteiger partial charge is 0.493 e. The van der Waals surface area contributed by atoms with Crippen LogP contribution in [-0.2, 0) is 16.4 Å². The van der Waals surface area contributed by atoms with Gasteiger partial charge in [-0.05, 0) is 24.1 Å². The van der Waals surface area contributed by atoms with Crippen molar-refractivity contribution in [3.05, 3.63) is 47.0 Å². The predicted molar refractivity (Wildman–Crippen MR) is 102 cm³/mol. The van der Waals surface area contributed by atoms with Crippen LogP contribution in [0, 0.1) is 0 Å². The van der Waals surface area contributed by atoms with E-state index in [0.717, 1.165) is 5.56 Å². The number of halogens is 2. The Morgan fingerprint density at radius 2 is 1.64 bits per heavy atom. The van der Waals surface area contributed by atoms with E-state index in [4.69, 9.17) is 26.8 Å². The van der Waals surface area contributed by atoms with Crippen molar-refractivity contribution in [3.8, 4) is 11.5 Å². The number of rotatable bonds is 7. The van der Waals surface area contributed by atoms with Crippen LogP contribution >= 0.6 is 24.0 Å². The molecular weight excluding hydrogens is 387 g/mol. The molecule has 2 aromatic carbocycles. The van der Waals surface area contributed by atoms with E-state index in [1.807, 2.05) is 12.1 Å². The minimum Gasteiger partial charge on any atom is -0.493 e. The summed E-state index contributed by atoms with van der Waals surface area (Å²) in [5, 5.41) is 0.0626.